The van der Waals surface area contributed by atoms with Crippen LogP contribution in [0.25, 0.3) is 0 Å². The number of hydrogen-bond acceptors (Lipinski definition) is 4. The van der Waals surface area contributed by atoms with E-state index in [1.54, 1.807) is 6.26 Å². The summed E-state index contributed by atoms with van der Waals surface area (Å²) in [5, 5.41) is 7.13. The number of rotatable bonds is 7. The van der Waals surface area contributed by atoms with Crippen molar-refractivity contribution in [2.75, 3.05) is 24.5 Å². The molecule has 162 valence electrons. The fourth-order valence-electron chi connectivity index (χ4n) is 3.76. The highest BCUT2D eigenvalue weighted by Crippen LogP contribution is 2.18. The number of nitrogens with zero attached hydrogens (tertiary/aromatic N) is 3. The number of furan rings is 1. The van der Waals surface area contributed by atoms with Crippen LogP contribution in [0.3, 0.4) is 0 Å². The van der Waals surface area contributed by atoms with Gasteiger partial charge in [-0.3, -0.25) is 0 Å². The molecule has 3 heterocycles. The number of aryl methyl sites for hydroxylation is 1. The number of guanidine groups is 1. The van der Waals surface area contributed by atoms with Crippen LogP contribution >= 0.6 is 0 Å². The van der Waals surface area contributed by atoms with Gasteiger partial charge in [0.15, 0.2) is 5.96 Å². The first-order valence-electron chi connectivity index (χ1n) is 11.0. The molecule has 0 atom stereocenters. The molecular formula is C25H31N5O. The third kappa shape index (κ3) is 6.35. The van der Waals surface area contributed by atoms with Crippen molar-refractivity contribution in [3.05, 3.63) is 83.9 Å². The van der Waals surface area contributed by atoms with Gasteiger partial charge in [0.1, 0.15) is 11.6 Å². The highest BCUT2D eigenvalue weighted by Gasteiger charge is 2.21. The van der Waals surface area contributed by atoms with E-state index in [0.717, 1.165) is 56.4 Å². The number of benzene rings is 1. The molecule has 0 amide bonds. The smallest absolute Gasteiger partial charge is 0.191 e. The lowest BCUT2D eigenvalue weighted by Crippen LogP contribution is -2.49. The summed E-state index contributed by atoms with van der Waals surface area (Å²) < 4.78 is 5.44. The van der Waals surface area contributed by atoms with E-state index in [4.69, 9.17) is 9.41 Å². The van der Waals surface area contributed by atoms with Crippen LogP contribution in [0.2, 0.25) is 0 Å². The molecule has 1 aliphatic heterocycles. The lowest BCUT2D eigenvalue weighted by molar-refractivity contribution is 0.458. The Morgan fingerprint density at radius 3 is 2.65 bits per heavy atom. The van der Waals surface area contributed by atoms with Gasteiger partial charge in [-0.1, -0.05) is 36.4 Å². The molecule has 1 fully saturated rings. The van der Waals surface area contributed by atoms with Crippen LogP contribution in [-0.4, -0.2) is 36.6 Å². The molecule has 0 saturated carbocycles. The zero-order chi connectivity index (χ0) is 21.3. The lowest BCUT2D eigenvalue weighted by atomic mass is 10.1. The number of piperidine rings is 1. The number of nitrogens with one attached hydrogen (secondary N) is 2. The van der Waals surface area contributed by atoms with E-state index in [1.165, 1.54) is 11.1 Å². The van der Waals surface area contributed by atoms with Gasteiger partial charge in [0.2, 0.25) is 0 Å². The van der Waals surface area contributed by atoms with E-state index in [0.29, 0.717) is 12.6 Å². The number of pyridine rings is 1. The van der Waals surface area contributed by atoms with Crippen LogP contribution in [0.1, 0.15) is 29.7 Å². The van der Waals surface area contributed by atoms with Gasteiger partial charge in [0, 0.05) is 38.3 Å². The predicted octanol–water partition coefficient (Wildman–Crippen LogP) is 3.93. The van der Waals surface area contributed by atoms with E-state index >= 15 is 0 Å². The van der Waals surface area contributed by atoms with Crippen molar-refractivity contribution < 1.29 is 4.42 Å². The normalized spacial score (nSPS) is 15.1. The average Bonchev–Trinajstić information content (AvgIpc) is 3.33. The number of anilines is 1. The van der Waals surface area contributed by atoms with E-state index in [-0.39, 0.29) is 0 Å². The molecule has 6 nitrogen and oxygen atoms in total. The maximum absolute atomic E-state index is 5.44. The Balaban J connectivity index is 1.33. The molecule has 2 aromatic heterocycles. The second-order valence-corrected chi connectivity index (χ2v) is 8.01. The Labute approximate surface area is 184 Å². The average molecular weight is 418 g/mol. The predicted molar refractivity (Wildman–Crippen MR) is 125 cm³/mol. The summed E-state index contributed by atoms with van der Waals surface area (Å²) in [6, 6.07) is 18.9. The summed E-state index contributed by atoms with van der Waals surface area (Å²) in [6.07, 6.45) is 6.60. The van der Waals surface area contributed by atoms with Gasteiger partial charge in [-0.25, -0.2) is 9.98 Å². The van der Waals surface area contributed by atoms with Crippen LogP contribution < -0.4 is 15.5 Å². The summed E-state index contributed by atoms with van der Waals surface area (Å²) in [6.45, 7) is 5.49. The van der Waals surface area contributed by atoms with Gasteiger partial charge in [0.25, 0.3) is 0 Å². The van der Waals surface area contributed by atoms with Crippen molar-refractivity contribution in [2.45, 2.75) is 38.8 Å². The maximum atomic E-state index is 5.44. The molecule has 6 heteroatoms. The van der Waals surface area contributed by atoms with Crippen LogP contribution in [0.4, 0.5) is 5.82 Å². The second-order valence-electron chi connectivity index (χ2n) is 8.01. The first kappa shape index (κ1) is 21.0. The van der Waals surface area contributed by atoms with Crippen molar-refractivity contribution in [3.8, 4) is 0 Å². The highest BCUT2D eigenvalue weighted by molar-refractivity contribution is 5.80. The molecule has 4 rings (SSSR count). The van der Waals surface area contributed by atoms with Crippen molar-refractivity contribution in [1.29, 1.82) is 0 Å². The fraction of sp³-hybridized carbons (Fsp3) is 0.360. The summed E-state index contributed by atoms with van der Waals surface area (Å²) in [5.74, 6) is 2.91. The zero-order valence-electron chi connectivity index (χ0n) is 18.1. The summed E-state index contributed by atoms with van der Waals surface area (Å²) in [7, 11) is 0. The fourth-order valence-corrected chi connectivity index (χ4v) is 3.76. The van der Waals surface area contributed by atoms with Gasteiger partial charge in [-0.2, -0.15) is 0 Å². The minimum absolute atomic E-state index is 0.396. The number of aliphatic imine (C=N–C) groups is 1. The third-order valence-corrected chi connectivity index (χ3v) is 5.56. The minimum Gasteiger partial charge on any atom is -0.469 e. The molecular weight excluding hydrogens is 386 g/mol. The zero-order valence-corrected chi connectivity index (χ0v) is 18.1. The Morgan fingerprint density at radius 2 is 1.94 bits per heavy atom. The molecule has 0 bridgehead atoms. The molecule has 0 spiro atoms. The standard InChI is InChI=1S/C25H31N5O/c1-20-9-10-24(27-18-20)30-15-12-22(13-16-30)29-25(26-14-11-23-8-5-17-31-23)28-19-21-6-3-2-4-7-21/h2-10,17-18,22H,11-16,19H2,1H3,(H2,26,28,29). The Bertz CT molecular complexity index is 930. The summed E-state index contributed by atoms with van der Waals surface area (Å²) in [5.41, 5.74) is 2.40. The summed E-state index contributed by atoms with van der Waals surface area (Å²) >= 11 is 0. The molecule has 0 radical (unpaired) electrons. The van der Waals surface area contributed by atoms with E-state index in [1.807, 2.05) is 24.4 Å². The number of hydrogen-bond donors (Lipinski definition) is 2. The van der Waals surface area contributed by atoms with E-state index < -0.39 is 0 Å². The molecule has 2 N–H and O–H groups in total. The van der Waals surface area contributed by atoms with Gasteiger partial charge in [-0.15, -0.1) is 0 Å². The van der Waals surface area contributed by atoms with Crippen LogP contribution in [-0.2, 0) is 13.0 Å². The third-order valence-electron chi connectivity index (χ3n) is 5.56. The van der Waals surface area contributed by atoms with Gasteiger partial charge in [-0.05, 0) is 49.1 Å². The van der Waals surface area contributed by atoms with E-state index in [9.17, 15) is 0 Å². The molecule has 0 unspecified atom stereocenters. The monoisotopic (exact) mass is 417 g/mol. The van der Waals surface area contributed by atoms with E-state index in [2.05, 4.69) is 63.8 Å². The summed E-state index contributed by atoms with van der Waals surface area (Å²) in [4.78, 5) is 11.8. The van der Waals surface area contributed by atoms with Gasteiger partial charge < -0.3 is 20.0 Å². The van der Waals surface area contributed by atoms with Crippen LogP contribution in [0.15, 0.2) is 76.5 Å². The topological polar surface area (TPSA) is 65.7 Å². The van der Waals surface area contributed by atoms with Gasteiger partial charge in [0.05, 0.1) is 12.8 Å². The molecule has 0 aliphatic carbocycles. The first-order valence-corrected chi connectivity index (χ1v) is 11.0. The van der Waals surface area contributed by atoms with Crippen molar-refractivity contribution >= 4 is 11.8 Å². The lowest BCUT2D eigenvalue weighted by Gasteiger charge is -2.34. The molecule has 1 saturated heterocycles. The second kappa shape index (κ2) is 10.7. The molecule has 31 heavy (non-hydrogen) atoms. The maximum Gasteiger partial charge on any atom is 0.191 e. The largest absolute Gasteiger partial charge is 0.469 e. The number of aromatic nitrogens is 1. The van der Waals surface area contributed by atoms with Crippen molar-refractivity contribution in [1.82, 2.24) is 15.6 Å². The Kier molecular flexibility index (Phi) is 7.21. The molecule has 3 aromatic rings. The SMILES string of the molecule is Cc1ccc(N2CCC(NC(=NCc3ccccc3)NCCc3ccco3)CC2)nc1. The van der Waals surface area contributed by atoms with Gasteiger partial charge >= 0.3 is 0 Å². The minimum atomic E-state index is 0.396. The van der Waals surface area contributed by atoms with Crippen molar-refractivity contribution in [3.63, 3.8) is 0 Å². The first-order chi connectivity index (χ1) is 15.3. The Hall–Kier alpha value is -3.28. The quantitative estimate of drug-likeness (QED) is 0.450. The molecule has 1 aliphatic rings. The van der Waals surface area contributed by atoms with Crippen LogP contribution in [0, 0.1) is 6.92 Å². The molecule has 1 aromatic carbocycles. The van der Waals surface area contributed by atoms with Crippen molar-refractivity contribution in [2.24, 2.45) is 4.99 Å². The highest BCUT2D eigenvalue weighted by atomic mass is 16.3. The van der Waals surface area contributed by atoms with Crippen LogP contribution in [0.5, 0.6) is 0 Å². The Morgan fingerprint density at radius 1 is 1.10 bits per heavy atom.